The van der Waals surface area contributed by atoms with E-state index in [9.17, 15) is 0 Å². The molecule has 3 nitrogen and oxygen atoms in total. The van der Waals surface area contributed by atoms with Gasteiger partial charge in [-0.1, -0.05) is 0 Å². The first-order valence-electron chi connectivity index (χ1n) is 5.27. The van der Waals surface area contributed by atoms with Crippen molar-refractivity contribution >= 4 is 5.69 Å². The number of hydrogen-bond acceptors (Lipinski definition) is 3. The van der Waals surface area contributed by atoms with Crippen LogP contribution in [0.3, 0.4) is 0 Å². The van der Waals surface area contributed by atoms with Gasteiger partial charge in [0.25, 0.3) is 0 Å². The summed E-state index contributed by atoms with van der Waals surface area (Å²) in [7, 11) is 1.65. The molecule has 0 amide bonds. The summed E-state index contributed by atoms with van der Waals surface area (Å²) in [6, 6.07) is 7.32. The average Bonchev–Trinajstić information content (AvgIpc) is 2.33. The molecule has 1 aliphatic rings. The number of anilines is 1. The lowest BCUT2D eigenvalue weighted by molar-refractivity contribution is 0.257. The Kier molecular flexibility index (Phi) is 3.15. The first-order chi connectivity index (χ1) is 7.79. The van der Waals surface area contributed by atoms with Crippen molar-refractivity contribution in [3.05, 3.63) is 47.9 Å². The van der Waals surface area contributed by atoms with Crippen LogP contribution in [0.1, 0.15) is 12.8 Å². The molecule has 2 rings (SSSR count). The van der Waals surface area contributed by atoms with Crippen molar-refractivity contribution in [3.63, 3.8) is 0 Å². The average molecular weight is 217 g/mol. The zero-order chi connectivity index (χ0) is 11.4. The molecule has 0 aliphatic heterocycles. The molecule has 0 heterocycles. The maximum absolute atomic E-state index is 5.73. The normalized spacial score (nSPS) is 15.1. The Morgan fingerprint density at radius 2 is 1.62 bits per heavy atom. The van der Waals surface area contributed by atoms with Crippen LogP contribution in [0.2, 0.25) is 0 Å². The Labute approximate surface area is 95.2 Å². The predicted molar refractivity (Wildman–Crippen MR) is 63.9 cm³/mol. The van der Waals surface area contributed by atoms with Crippen molar-refractivity contribution in [2.24, 2.45) is 0 Å². The summed E-state index contributed by atoms with van der Waals surface area (Å²) >= 11 is 0. The number of methoxy groups -OCH3 is 1. The van der Waals surface area contributed by atoms with Crippen molar-refractivity contribution in [1.29, 1.82) is 0 Å². The van der Waals surface area contributed by atoms with Crippen LogP contribution in [0.4, 0.5) is 5.69 Å². The first-order valence-corrected chi connectivity index (χ1v) is 5.27. The summed E-state index contributed by atoms with van der Waals surface area (Å²) in [5.41, 5.74) is 6.34. The lowest BCUT2D eigenvalue weighted by atomic mass is 10.1. The second-order valence-electron chi connectivity index (χ2n) is 3.59. The number of ether oxygens (including phenoxy) is 2. The highest BCUT2D eigenvalue weighted by molar-refractivity contribution is 5.42. The Balaban J connectivity index is 2.12. The quantitative estimate of drug-likeness (QED) is 0.792. The lowest BCUT2D eigenvalue weighted by Gasteiger charge is -2.15. The lowest BCUT2D eigenvalue weighted by Crippen LogP contribution is -2.04. The van der Waals surface area contributed by atoms with Crippen LogP contribution >= 0.6 is 0 Å². The molecule has 1 aliphatic carbocycles. The molecule has 0 radical (unpaired) electrons. The van der Waals surface area contributed by atoms with Crippen molar-refractivity contribution in [3.8, 4) is 5.75 Å². The van der Waals surface area contributed by atoms with Crippen LogP contribution in [0.25, 0.3) is 0 Å². The summed E-state index contributed by atoms with van der Waals surface area (Å²) in [5.74, 6) is 2.34. The second-order valence-corrected chi connectivity index (χ2v) is 3.59. The van der Waals surface area contributed by atoms with Crippen LogP contribution in [-0.4, -0.2) is 7.11 Å². The zero-order valence-electron chi connectivity index (χ0n) is 9.27. The highest BCUT2D eigenvalue weighted by atomic mass is 16.5. The van der Waals surface area contributed by atoms with Gasteiger partial charge in [0.05, 0.1) is 7.11 Å². The highest BCUT2D eigenvalue weighted by Crippen LogP contribution is 2.24. The smallest absolute Gasteiger partial charge is 0.164 e. The molecular formula is C13H15NO2. The van der Waals surface area contributed by atoms with Gasteiger partial charge in [0.2, 0.25) is 0 Å². The third kappa shape index (κ3) is 2.37. The molecule has 2 N–H and O–H groups in total. The molecule has 1 aromatic rings. The van der Waals surface area contributed by atoms with Gasteiger partial charge in [0.1, 0.15) is 5.75 Å². The summed E-state index contributed by atoms with van der Waals surface area (Å²) < 4.78 is 11.0. The topological polar surface area (TPSA) is 44.5 Å². The molecule has 0 saturated heterocycles. The summed E-state index contributed by atoms with van der Waals surface area (Å²) in [4.78, 5) is 0. The third-order valence-corrected chi connectivity index (χ3v) is 2.40. The predicted octanol–water partition coefficient (Wildman–Crippen LogP) is 2.86. The third-order valence-electron chi connectivity index (χ3n) is 2.40. The SMILES string of the molecule is COC1=CCCC=C1Oc1ccc(N)cc1. The van der Waals surface area contributed by atoms with Gasteiger partial charge < -0.3 is 15.2 Å². The summed E-state index contributed by atoms with van der Waals surface area (Å²) in [6.07, 6.45) is 6.05. The van der Waals surface area contributed by atoms with Crippen LogP contribution in [0.15, 0.2) is 47.9 Å². The van der Waals surface area contributed by atoms with Gasteiger partial charge in [-0.05, 0) is 49.3 Å². The van der Waals surface area contributed by atoms with Crippen LogP contribution in [0.5, 0.6) is 5.75 Å². The minimum Gasteiger partial charge on any atom is -0.493 e. The molecule has 16 heavy (non-hydrogen) atoms. The molecule has 0 saturated carbocycles. The molecule has 0 spiro atoms. The van der Waals surface area contributed by atoms with Gasteiger partial charge in [-0.15, -0.1) is 0 Å². The second kappa shape index (κ2) is 4.75. The van der Waals surface area contributed by atoms with E-state index < -0.39 is 0 Å². The summed E-state index contributed by atoms with van der Waals surface area (Å²) in [6.45, 7) is 0. The minimum absolute atomic E-state index is 0.729. The maximum atomic E-state index is 5.73. The Morgan fingerprint density at radius 1 is 1.00 bits per heavy atom. The molecule has 3 heteroatoms. The summed E-state index contributed by atoms with van der Waals surface area (Å²) in [5, 5.41) is 0. The number of nitrogens with two attached hydrogens (primary N) is 1. The molecule has 0 atom stereocenters. The van der Waals surface area contributed by atoms with E-state index in [0.717, 1.165) is 35.8 Å². The van der Waals surface area contributed by atoms with Crippen molar-refractivity contribution in [2.45, 2.75) is 12.8 Å². The largest absolute Gasteiger partial charge is 0.493 e. The molecule has 0 bridgehead atoms. The highest BCUT2D eigenvalue weighted by Gasteiger charge is 2.11. The molecule has 0 fully saturated rings. The zero-order valence-corrected chi connectivity index (χ0v) is 9.27. The van der Waals surface area contributed by atoms with Crippen LogP contribution in [0, 0.1) is 0 Å². The monoisotopic (exact) mass is 217 g/mol. The van der Waals surface area contributed by atoms with Gasteiger partial charge in [-0.2, -0.15) is 0 Å². The van der Waals surface area contributed by atoms with Crippen molar-refractivity contribution in [1.82, 2.24) is 0 Å². The fraction of sp³-hybridized carbons (Fsp3) is 0.231. The number of nitrogen functional groups attached to an aromatic ring is 1. The van der Waals surface area contributed by atoms with Crippen molar-refractivity contribution < 1.29 is 9.47 Å². The standard InChI is InChI=1S/C13H15NO2/c1-15-12-4-2-3-5-13(12)16-11-8-6-10(14)7-9-11/h4-9H,2-3,14H2,1H3. The molecule has 84 valence electrons. The molecular weight excluding hydrogens is 202 g/mol. The minimum atomic E-state index is 0.729. The van der Waals surface area contributed by atoms with Crippen molar-refractivity contribution in [2.75, 3.05) is 12.8 Å². The van der Waals surface area contributed by atoms with E-state index in [1.165, 1.54) is 0 Å². The number of benzene rings is 1. The van der Waals surface area contributed by atoms with E-state index in [1.54, 1.807) is 7.11 Å². The Hall–Kier alpha value is -1.90. The van der Waals surface area contributed by atoms with Crippen LogP contribution < -0.4 is 10.5 Å². The molecule has 0 aromatic heterocycles. The number of rotatable bonds is 3. The van der Waals surface area contributed by atoms with Gasteiger partial charge in [0, 0.05) is 5.69 Å². The van der Waals surface area contributed by atoms with Crippen LogP contribution in [-0.2, 0) is 4.74 Å². The maximum Gasteiger partial charge on any atom is 0.164 e. The number of allylic oxidation sites excluding steroid dienone is 2. The van der Waals surface area contributed by atoms with E-state index in [-0.39, 0.29) is 0 Å². The molecule has 1 aromatic carbocycles. The first kappa shape index (κ1) is 10.6. The van der Waals surface area contributed by atoms with Gasteiger partial charge in [-0.25, -0.2) is 0 Å². The van der Waals surface area contributed by atoms with E-state index in [4.69, 9.17) is 15.2 Å². The fourth-order valence-electron chi connectivity index (χ4n) is 1.57. The van der Waals surface area contributed by atoms with E-state index in [2.05, 4.69) is 0 Å². The van der Waals surface area contributed by atoms with E-state index in [1.807, 2.05) is 36.4 Å². The fourth-order valence-corrected chi connectivity index (χ4v) is 1.57. The van der Waals surface area contributed by atoms with Gasteiger partial charge >= 0.3 is 0 Å². The Bertz CT molecular complexity index is 418. The van der Waals surface area contributed by atoms with Gasteiger partial charge in [-0.3, -0.25) is 0 Å². The Morgan fingerprint density at radius 3 is 2.25 bits per heavy atom. The van der Waals surface area contributed by atoms with Gasteiger partial charge in [0.15, 0.2) is 11.5 Å². The number of hydrogen-bond donors (Lipinski definition) is 1. The van der Waals surface area contributed by atoms with E-state index >= 15 is 0 Å². The molecule has 0 unspecified atom stereocenters. The van der Waals surface area contributed by atoms with E-state index in [0.29, 0.717) is 0 Å².